The van der Waals surface area contributed by atoms with Crippen molar-refractivity contribution in [2.45, 2.75) is 65.1 Å². The van der Waals surface area contributed by atoms with Crippen LogP contribution in [0.4, 0.5) is 0 Å². The number of aliphatic hydroxyl groups is 1. The molecule has 3 atom stereocenters. The predicted molar refractivity (Wildman–Crippen MR) is 53.3 cm³/mol. The molecule has 2 nitrogen and oxygen atoms in total. The third-order valence-electron chi connectivity index (χ3n) is 1.99. The molecule has 74 valence electrons. The molecule has 0 rings (SSSR count). The van der Waals surface area contributed by atoms with Crippen molar-refractivity contribution < 1.29 is 5.11 Å². The minimum Gasteiger partial charge on any atom is -0.393 e. The van der Waals surface area contributed by atoms with E-state index in [0.717, 1.165) is 6.42 Å². The van der Waals surface area contributed by atoms with Crippen LogP contribution in [-0.4, -0.2) is 23.3 Å². The highest BCUT2D eigenvalue weighted by atomic mass is 16.3. The normalized spacial score (nSPS) is 18.8. The lowest BCUT2D eigenvalue weighted by atomic mass is 10.1. The molecule has 0 heterocycles. The number of hydrogen-bond acceptors (Lipinski definition) is 2. The molecule has 0 saturated carbocycles. The Bertz CT molecular complexity index is 104. The summed E-state index contributed by atoms with van der Waals surface area (Å²) in [6.07, 6.45) is 3.08. The van der Waals surface area contributed by atoms with Gasteiger partial charge >= 0.3 is 0 Å². The molecule has 2 N–H and O–H groups in total. The second-order valence-electron chi connectivity index (χ2n) is 3.84. The number of hydrogen-bond donors (Lipinski definition) is 2. The molecule has 0 radical (unpaired) electrons. The molecule has 0 fully saturated rings. The molecular weight excluding hydrogens is 150 g/mol. The van der Waals surface area contributed by atoms with Crippen LogP contribution >= 0.6 is 0 Å². The highest BCUT2D eigenvalue weighted by molar-refractivity contribution is 4.68. The number of rotatable bonds is 6. The summed E-state index contributed by atoms with van der Waals surface area (Å²) in [4.78, 5) is 0. The molecule has 0 aromatic rings. The Morgan fingerprint density at radius 3 is 2.17 bits per heavy atom. The molecule has 12 heavy (non-hydrogen) atoms. The Labute approximate surface area is 76.4 Å². The van der Waals surface area contributed by atoms with E-state index in [2.05, 4.69) is 26.1 Å². The van der Waals surface area contributed by atoms with Crippen LogP contribution < -0.4 is 5.32 Å². The summed E-state index contributed by atoms with van der Waals surface area (Å²) < 4.78 is 0. The van der Waals surface area contributed by atoms with Gasteiger partial charge in [-0.05, 0) is 33.6 Å². The largest absolute Gasteiger partial charge is 0.393 e. The quantitative estimate of drug-likeness (QED) is 0.643. The van der Waals surface area contributed by atoms with Crippen LogP contribution in [0.3, 0.4) is 0 Å². The van der Waals surface area contributed by atoms with Crippen molar-refractivity contribution in [3.8, 4) is 0 Å². The fourth-order valence-corrected chi connectivity index (χ4v) is 1.58. The molecule has 0 aromatic heterocycles. The van der Waals surface area contributed by atoms with Crippen molar-refractivity contribution >= 4 is 0 Å². The first-order chi connectivity index (χ1) is 5.56. The summed E-state index contributed by atoms with van der Waals surface area (Å²) in [6.45, 7) is 8.35. The van der Waals surface area contributed by atoms with Gasteiger partial charge in [-0.2, -0.15) is 0 Å². The summed E-state index contributed by atoms with van der Waals surface area (Å²) in [5.74, 6) is 0. The molecule has 2 heteroatoms. The van der Waals surface area contributed by atoms with Crippen LogP contribution in [0.2, 0.25) is 0 Å². The lowest BCUT2D eigenvalue weighted by molar-refractivity contribution is 0.168. The van der Waals surface area contributed by atoms with E-state index in [1.807, 2.05) is 6.92 Å². The predicted octanol–water partition coefficient (Wildman–Crippen LogP) is 1.92. The van der Waals surface area contributed by atoms with Gasteiger partial charge in [0.15, 0.2) is 0 Å². The first-order valence-electron chi connectivity index (χ1n) is 5.00. The monoisotopic (exact) mass is 173 g/mol. The Hall–Kier alpha value is -0.0800. The summed E-state index contributed by atoms with van der Waals surface area (Å²) in [5, 5.41) is 12.6. The van der Waals surface area contributed by atoms with E-state index in [1.165, 1.54) is 12.8 Å². The van der Waals surface area contributed by atoms with Crippen LogP contribution in [0.1, 0.15) is 47.0 Å². The van der Waals surface area contributed by atoms with Crippen LogP contribution in [0.15, 0.2) is 0 Å². The zero-order valence-electron chi connectivity index (χ0n) is 8.80. The number of nitrogens with one attached hydrogen (secondary N) is 1. The van der Waals surface area contributed by atoms with Gasteiger partial charge in [0.2, 0.25) is 0 Å². The Morgan fingerprint density at radius 1 is 1.17 bits per heavy atom. The maximum absolute atomic E-state index is 9.13. The maximum Gasteiger partial charge on any atom is 0.0526 e. The van der Waals surface area contributed by atoms with Gasteiger partial charge in [0.1, 0.15) is 0 Å². The zero-order valence-corrected chi connectivity index (χ0v) is 8.80. The minimum absolute atomic E-state index is 0.193. The van der Waals surface area contributed by atoms with Gasteiger partial charge in [0.05, 0.1) is 6.10 Å². The lowest BCUT2D eigenvalue weighted by Crippen LogP contribution is -2.36. The molecule has 0 spiro atoms. The van der Waals surface area contributed by atoms with Gasteiger partial charge < -0.3 is 10.4 Å². The van der Waals surface area contributed by atoms with E-state index in [-0.39, 0.29) is 6.10 Å². The summed E-state index contributed by atoms with van der Waals surface area (Å²) in [6, 6.07) is 0.996. The summed E-state index contributed by atoms with van der Waals surface area (Å²) in [7, 11) is 0. The Morgan fingerprint density at radius 2 is 1.75 bits per heavy atom. The number of aliphatic hydroxyl groups excluding tert-OH is 1. The SMILES string of the molecule is CCCC(C)NC(C)CC(C)O. The topological polar surface area (TPSA) is 32.3 Å². The van der Waals surface area contributed by atoms with Crippen molar-refractivity contribution in [3.05, 3.63) is 0 Å². The highest BCUT2D eigenvalue weighted by Gasteiger charge is 2.08. The van der Waals surface area contributed by atoms with Crippen LogP contribution in [-0.2, 0) is 0 Å². The van der Waals surface area contributed by atoms with Gasteiger partial charge in [-0.25, -0.2) is 0 Å². The van der Waals surface area contributed by atoms with Gasteiger partial charge in [-0.1, -0.05) is 13.3 Å². The second-order valence-corrected chi connectivity index (χ2v) is 3.84. The molecular formula is C10H23NO. The Balaban J connectivity index is 3.46. The first kappa shape index (κ1) is 11.9. The molecule has 0 aliphatic heterocycles. The highest BCUT2D eigenvalue weighted by Crippen LogP contribution is 2.01. The Kier molecular flexibility index (Phi) is 6.39. The second kappa shape index (κ2) is 6.44. The molecule has 3 unspecified atom stereocenters. The van der Waals surface area contributed by atoms with Crippen molar-refractivity contribution in [1.82, 2.24) is 5.32 Å². The molecule has 0 aliphatic rings. The summed E-state index contributed by atoms with van der Waals surface area (Å²) in [5.41, 5.74) is 0. The van der Waals surface area contributed by atoms with Crippen molar-refractivity contribution in [2.24, 2.45) is 0 Å². The third-order valence-corrected chi connectivity index (χ3v) is 1.99. The fraction of sp³-hybridized carbons (Fsp3) is 1.00. The van der Waals surface area contributed by atoms with Crippen molar-refractivity contribution in [3.63, 3.8) is 0 Å². The average Bonchev–Trinajstić information content (AvgIpc) is 1.84. The maximum atomic E-state index is 9.13. The molecule has 0 aliphatic carbocycles. The third kappa shape index (κ3) is 6.62. The van der Waals surface area contributed by atoms with E-state index >= 15 is 0 Å². The van der Waals surface area contributed by atoms with Crippen LogP contribution in [0, 0.1) is 0 Å². The van der Waals surface area contributed by atoms with E-state index in [9.17, 15) is 0 Å². The minimum atomic E-state index is -0.193. The van der Waals surface area contributed by atoms with Crippen molar-refractivity contribution in [2.75, 3.05) is 0 Å². The van der Waals surface area contributed by atoms with E-state index in [0.29, 0.717) is 12.1 Å². The van der Waals surface area contributed by atoms with Gasteiger partial charge in [0.25, 0.3) is 0 Å². The van der Waals surface area contributed by atoms with Crippen LogP contribution in [0.5, 0.6) is 0 Å². The van der Waals surface area contributed by atoms with Crippen LogP contribution in [0.25, 0.3) is 0 Å². The molecule has 0 aromatic carbocycles. The first-order valence-corrected chi connectivity index (χ1v) is 5.00. The van der Waals surface area contributed by atoms with E-state index in [4.69, 9.17) is 5.11 Å². The smallest absolute Gasteiger partial charge is 0.0526 e. The standard InChI is InChI=1S/C10H23NO/c1-5-6-8(2)11-9(3)7-10(4)12/h8-12H,5-7H2,1-4H3. The van der Waals surface area contributed by atoms with E-state index < -0.39 is 0 Å². The molecule has 0 saturated heterocycles. The zero-order chi connectivity index (χ0) is 9.56. The lowest BCUT2D eigenvalue weighted by Gasteiger charge is -2.20. The average molecular weight is 173 g/mol. The van der Waals surface area contributed by atoms with Gasteiger partial charge in [0, 0.05) is 12.1 Å². The van der Waals surface area contributed by atoms with Crippen molar-refractivity contribution in [1.29, 1.82) is 0 Å². The summed E-state index contributed by atoms with van der Waals surface area (Å²) >= 11 is 0. The molecule has 0 amide bonds. The van der Waals surface area contributed by atoms with Gasteiger partial charge in [-0.15, -0.1) is 0 Å². The van der Waals surface area contributed by atoms with Gasteiger partial charge in [-0.3, -0.25) is 0 Å². The fourth-order valence-electron chi connectivity index (χ4n) is 1.58. The molecule has 0 bridgehead atoms. The van der Waals surface area contributed by atoms with E-state index in [1.54, 1.807) is 0 Å².